The van der Waals surface area contributed by atoms with E-state index >= 15 is 0 Å². The maximum atomic E-state index is 12.8. The van der Waals surface area contributed by atoms with Crippen molar-refractivity contribution in [2.75, 3.05) is 6.54 Å². The van der Waals surface area contributed by atoms with Gasteiger partial charge in [-0.1, -0.05) is 24.2 Å². The van der Waals surface area contributed by atoms with E-state index in [1.54, 1.807) is 4.57 Å². The lowest BCUT2D eigenvalue weighted by atomic mass is 10.1. The summed E-state index contributed by atoms with van der Waals surface area (Å²) in [5.41, 5.74) is 0.923. The molecule has 0 saturated carbocycles. The Labute approximate surface area is 145 Å². The Balaban J connectivity index is 1.73. The molecule has 5 nitrogen and oxygen atoms in total. The number of rotatable bonds is 4. The highest BCUT2D eigenvalue weighted by Gasteiger charge is 2.28. The molecule has 6 heteroatoms. The van der Waals surface area contributed by atoms with Crippen molar-refractivity contribution < 1.29 is 9.21 Å². The molecule has 1 aliphatic rings. The van der Waals surface area contributed by atoms with Crippen molar-refractivity contribution in [1.29, 1.82) is 0 Å². The second-order valence-electron chi connectivity index (χ2n) is 6.45. The molecule has 130 valence electrons. The summed E-state index contributed by atoms with van der Waals surface area (Å²) < 4.78 is 7.49. The molecule has 0 aromatic carbocycles. The van der Waals surface area contributed by atoms with Crippen LogP contribution in [0.25, 0.3) is 0 Å². The highest BCUT2D eigenvalue weighted by molar-refractivity contribution is 7.07. The number of hydrogen-bond acceptors (Lipinski definition) is 4. The van der Waals surface area contributed by atoms with Crippen LogP contribution in [0, 0.1) is 13.8 Å². The molecule has 0 aliphatic carbocycles. The number of carbonyl (C=O) groups is 1. The molecule has 1 fully saturated rings. The normalized spacial score (nSPS) is 18.6. The van der Waals surface area contributed by atoms with Crippen LogP contribution in [0.3, 0.4) is 0 Å². The van der Waals surface area contributed by atoms with Crippen molar-refractivity contribution >= 4 is 17.2 Å². The molecule has 2 aromatic heterocycles. The first-order valence-electron chi connectivity index (χ1n) is 8.57. The third-order valence-corrected chi connectivity index (χ3v) is 5.57. The van der Waals surface area contributed by atoms with Crippen LogP contribution in [0.15, 0.2) is 26.7 Å². The summed E-state index contributed by atoms with van der Waals surface area (Å²) >= 11 is 1.19. The van der Waals surface area contributed by atoms with Gasteiger partial charge in [0.05, 0.1) is 6.04 Å². The Kier molecular flexibility index (Phi) is 5.23. The number of likely N-dealkylation sites (tertiary alicyclic amines) is 1. The Morgan fingerprint density at radius 3 is 2.79 bits per heavy atom. The Morgan fingerprint density at radius 1 is 1.29 bits per heavy atom. The Hall–Kier alpha value is -1.82. The van der Waals surface area contributed by atoms with Crippen LogP contribution in [0.5, 0.6) is 0 Å². The number of aryl methyl sites for hydroxylation is 2. The number of carbonyl (C=O) groups excluding carboxylic acids is 1. The van der Waals surface area contributed by atoms with E-state index in [0.29, 0.717) is 13.0 Å². The van der Waals surface area contributed by atoms with Gasteiger partial charge in [0.25, 0.3) is 0 Å². The maximum Gasteiger partial charge on any atom is 0.307 e. The molecule has 0 bridgehead atoms. The fourth-order valence-electron chi connectivity index (χ4n) is 3.36. The SMILES string of the molecule is Cc1ccc(C2CCCCCN2C(=O)CCn2c(C)csc2=O)o1. The number of furan rings is 1. The van der Waals surface area contributed by atoms with Gasteiger partial charge < -0.3 is 13.9 Å². The van der Waals surface area contributed by atoms with Crippen molar-refractivity contribution in [3.63, 3.8) is 0 Å². The minimum Gasteiger partial charge on any atom is -0.464 e. The summed E-state index contributed by atoms with van der Waals surface area (Å²) in [6.07, 6.45) is 4.57. The third kappa shape index (κ3) is 3.64. The van der Waals surface area contributed by atoms with Crippen LogP contribution in [0.1, 0.15) is 55.4 Å². The standard InChI is InChI=1S/C18H24N2O3S/c1-13-12-24-18(22)19(13)11-9-17(21)20-10-5-3-4-6-15(20)16-8-7-14(2)23-16/h7-8,12,15H,3-6,9-11H2,1-2H3. The lowest BCUT2D eigenvalue weighted by Crippen LogP contribution is -2.35. The smallest absolute Gasteiger partial charge is 0.307 e. The van der Waals surface area contributed by atoms with Gasteiger partial charge in [0.1, 0.15) is 11.5 Å². The zero-order chi connectivity index (χ0) is 17.1. The molecule has 2 aromatic rings. The number of hydrogen-bond donors (Lipinski definition) is 0. The van der Waals surface area contributed by atoms with Gasteiger partial charge in [-0.2, -0.15) is 0 Å². The first-order chi connectivity index (χ1) is 11.6. The molecular weight excluding hydrogens is 324 g/mol. The van der Waals surface area contributed by atoms with E-state index in [1.165, 1.54) is 11.3 Å². The molecule has 1 amide bonds. The predicted molar refractivity (Wildman–Crippen MR) is 94.3 cm³/mol. The summed E-state index contributed by atoms with van der Waals surface area (Å²) in [6.45, 7) is 5.05. The summed E-state index contributed by atoms with van der Waals surface area (Å²) in [4.78, 5) is 26.6. The molecule has 3 rings (SSSR count). The first kappa shape index (κ1) is 17.0. The number of aromatic nitrogens is 1. The van der Waals surface area contributed by atoms with Gasteiger partial charge in [-0.15, -0.1) is 0 Å². The van der Waals surface area contributed by atoms with E-state index in [2.05, 4.69) is 0 Å². The van der Waals surface area contributed by atoms with Crippen LogP contribution in [0.4, 0.5) is 0 Å². The van der Waals surface area contributed by atoms with Gasteiger partial charge in [-0.25, -0.2) is 0 Å². The van der Waals surface area contributed by atoms with Crippen molar-refractivity contribution in [2.24, 2.45) is 0 Å². The minimum atomic E-state index is 0.00868. The molecule has 1 saturated heterocycles. The van der Waals surface area contributed by atoms with E-state index in [1.807, 2.05) is 36.3 Å². The van der Waals surface area contributed by atoms with Gasteiger partial charge in [0.2, 0.25) is 5.91 Å². The molecule has 1 aliphatic heterocycles. The van der Waals surface area contributed by atoms with Crippen molar-refractivity contribution in [3.8, 4) is 0 Å². The molecule has 1 atom stereocenters. The number of amides is 1. The average Bonchev–Trinajstić information content (AvgIpc) is 3.02. The van der Waals surface area contributed by atoms with Gasteiger partial charge >= 0.3 is 4.87 Å². The first-order valence-corrected chi connectivity index (χ1v) is 9.45. The number of thiazole rings is 1. The molecule has 24 heavy (non-hydrogen) atoms. The zero-order valence-electron chi connectivity index (χ0n) is 14.3. The fourth-order valence-corrected chi connectivity index (χ4v) is 4.12. The van der Waals surface area contributed by atoms with Crippen molar-refractivity contribution in [1.82, 2.24) is 9.47 Å². The topological polar surface area (TPSA) is 55.5 Å². The average molecular weight is 348 g/mol. The second kappa shape index (κ2) is 7.38. The molecule has 0 spiro atoms. The molecule has 1 unspecified atom stereocenters. The minimum absolute atomic E-state index is 0.00868. The summed E-state index contributed by atoms with van der Waals surface area (Å²) in [5, 5.41) is 1.84. The van der Waals surface area contributed by atoms with E-state index in [0.717, 1.165) is 49.4 Å². The zero-order valence-corrected chi connectivity index (χ0v) is 15.1. The lowest BCUT2D eigenvalue weighted by molar-refractivity contribution is -0.134. The third-order valence-electron chi connectivity index (χ3n) is 4.69. The van der Waals surface area contributed by atoms with Crippen molar-refractivity contribution in [3.05, 3.63) is 44.4 Å². The fraction of sp³-hybridized carbons (Fsp3) is 0.556. The Bertz CT molecular complexity index is 758. The van der Waals surface area contributed by atoms with E-state index < -0.39 is 0 Å². The summed E-state index contributed by atoms with van der Waals surface area (Å²) in [7, 11) is 0. The molecular formula is C18H24N2O3S. The van der Waals surface area contributed by atoms with E-state index in [-0.39, 0.29) is 16.8 Å². The molecule has 3 heterocycles. The summed E-state index contributed by atoms with van der Waals surface area (Å²) in [6, 6.07) is 3.96. The van der Waals surface area contributed by atoms with Crippen LogP contribution < -0.4 is 4.87 Å². The second-order valence-corrected chi connectivity index (χ2v) is 7.27. The lowest BCUT2D eigenvalue weighted by Gasteiger charge is -2.29. The number of nitrogens with zero attached hydrogens (tertiary/aromatic N) is 2. The highest BCUT2D eigenvalue weighted by atomic mass is 32.1. The monoisotopic (exact) mass is 348 g/mol. The van der Waals surface area contributed by atoms with Gasteiger partial charge in [-0.05, 0) is 38.8 Å². The quantitative estimate of drug-likeness (QED) is 0.847. The van der Waals surface area contributed by atoms with E-state index in [9.17, 15) is 9.59 Å². The summed E-state index contributed by atoms with van der Waals surface area (Å²) in [5.74, 6) is 1.86. The largest absolute Gasteiger partial charge is 0.464 e. The highest BCUT2D eigenvalue weighted by Crippen LogP contribution is 2.31. The van der Waals surface area contributed by atoms with E-state index in [4.69, 9.17) is 4.42 Å². The van der Waals surface area contributed by atoms with Gasteiger partial charge in [0.15, 0.2) is 0 Å². The maximum absolute atomic E-state index is 12.8. The van der Waals surface area contributed by atoms with Crippen LogP contribution in [0.2, 0.25) is 0 Å². The van der Waals surface area contributed by atoms with Crippen molar-refractivity contribution in [2.45, 2.75) is 58.5 Å². The molecule has 0 N–H and O–H groups in total. The van der Waals surface area contributed by atoms with Crippen LogP contribution >= 0.6 is 11.3 Å². The van der Waals surface area contributed by atoms with Crippen LogP contribution in [-0.4, -0.2) is 21.9 Å². The predicted octanol–water partition coefficient (Wildman–Crippen LogP) is 3.65. The van der Waals surface area contributed by atoms with Crippen LogP contribution in [-0.2, 0) is 11.3 Å². The van der Waals surface area contributed by atoms with Gasteiger partial charge in [0, 0.05) is 30.6 Å². The Morgan fingerprint density at radius 2 is 2.12 bits per heavy atom. The molecule has 0 radical (unpaired) electrons. The van der Waals surface area contributed by atoms with Gasteiger partial charge in [-0.3, -0.25) is 9.59 Å².